The quantitative estimate of drug-likeness (QED) is 0.111. The Labute approximate surface area is 268 Å². The molecule has 12 heteroatoms. The summed E-state index contributed by atoms with van der Waals surface area (Å²) in [7, 11) is -6.09. The standard InChI is InChI=1S/C33H39O5.CHF3O3S/c1-33(2)18-28(33)22-35-24-30-32(37-21-27-16-10-5-11-17-27)31(36-20-26-14-8-4-9-15-26)29(38-30)23-34-19-25-12-6-3-7-13-25;2-1(3,4)8(5,6)7/h3-17,24,28-32H,18-23H2,1-2H3;(H,5,6,7)/q+1;/p-1/t28-,29-,30-,31-,32-;/m1./s1. The van der Waals surface area contributed by atoms with E-state index in [0.717, 1.165) is 16.7 Å². The normalized spacial score (nSPS) is 23.7. The highest BCUT2D eigenvalue weighted by Crippen LogP contribution is 2.51. The second-order valence-electron chi connectivity index (χ2n) is 11.9. The van der Waals surface area contributed by atoms with Crippen LogP contribution in [-0.2, 0) is 53.6 Å². The van der Waals surface area contributed by atoms with Crippen LogP contribution in [0.15, 0.2) is 91.0 Å². The van der Waals surface area contributed by atoms with Gasteiger partial charge >= 0.3 is 5.51 Å². The van der Waals surface area contributed by atoms with Gasteiger partial charge in [0.2, 0.25) is 0 Å². The molecule has 2 aliphatic rings. The number of hydrogen-bond donors (Lipinski definition) is 0. The van der Waals surface area contributed by atoms with Crippen LogP contribution < -0.4 is 0 Å². The second-order valence-corrected chi connectivity index (χ2v) is 13.3. The van der Waals surface area contributed by atoms with Crippen molar-refractivity contribution in [1.82, 2.24) is 0 Å². The summed E-state index contributed by atoms with van der Waals surface area (Å²) in [6.07, 6.45) is -0.0792. The van der Waals surface area contributed by atoms with E-state index in [9.17, 15) is 13.2 Å². The number of hydrogen-bond acceptors (Lipinski definition) is 8. The van der Waals surface area contributed by atoms with Gasteiger partial charge in [-0.25, -0.2) is 8.42 Å². The van der Waals surface area contributed by atoms with Crippen LogP contribution in [-0.4, -0.2) is 56.1 Å². The van der Waals surface area contributed by atoms with Crippen LogP contribution in [0.2, 0.25) is 0 Å². The molecule has 2 fully saturated rings. The molecule has 1 heterocycles. The molecule has 46 heavy (non-hydrogen) atoms. The highest BCUT2D eigenvalue weighted by atomic mass is 32.2. The van der Waals surface area contributed by atoms with Gasteiger partial charge in [0, 0.05) is 0 Å². The lowest BCUT2D eigenvalue weighted by Gasteiger charge is -2.23. The zero-order chi connectivity index (χ0) is 33.2. The highest BCUT2D eigenvalue weighted by molar-refractivity contribution is 7.86. The van der Waals surface area contributed by atoms with Crippen molar-refractivity contribution in [3.63, 3.8) is 0 Å². The predicted octanol–water partition coefficient (Wildman–Crippen LogP) is 6.42. The van der Waals surface area contributed by atoms with E-state index in [2.05, 4.69) is 50.2 Å². The molecule has 3 aromatic rings. The fourth-order valence-electron chi connectivity index (χ4n) is 4.92. The van der Waals surface area contributed by atoms with E-state index in [1.807, 2.05) is 61.2 Å². The maximum atomic E-state index is 10.7. The van der Waals surface area contributed by atoms with Gasteiger partial charge in [0.05, 0.1) is 26.4 Å². The third-order valence-corrected chi connectivity index (χ3v) is 8.41. The molecular formula is C34H39F3O8S. The fraction of sp³-hybridized carbons (Fsp3) is 0.441. The average Bonchev–Trinajstić information content (AvgIpc) is 3.50. The summed E-state index contributed by atoms with van der Waals surface area (Å²) in [6.45, 7) is 8.95. The molecule has 3 aromatic carbocycles. The first-order valence-corrected chi connectivity index (χ1v) is 16.3. The molecule has 1 saturated carbocycles. The lowest BCUT2D eigenvalue weighted by atomic mass is 10.1. The maximum absolute atomic E-state index is 10.7. The molecule has 5 rings (SSSR count). The molecule has 5 atom stereocenters. The predicted molar refractivity (Wildman–Crippen MR) is 163 cm³/mol. The summed E-state index contributed by atoms with van der Waals surface area (Å²) >= 11 is 0. The van der Waals surface area contributed by atoms with Crippen LogP contribution in [0.25, 0.3) is 0 Å². The molecule has 1 saturated heterocycles. The second kappa shape index (κ2) is 16.2. The summed E-state index contributed by atoms with van der Waals surface area (Å²) in [5.74, 6) is 0.582. The molecule has 1 aliphatic carbocycles. The van der Waals surface area contributed by atoms with E-state index in [4.69, 9.17) is 36.7 Å². The summed E-state index contributed by atoms with van der Waals surface area (Å²) in [5, 5.41) is 0. The molecule has 0 spiro atoms. The van der Waals surface area contributed by atoms with Gasteiger partial charge in [-0.15, -0.1) is 0 Å². The van der Waals surface area contributed by atoms with Crippen molar-refractivity contribution in [3.05, 3.63) is 114 Å². The van der Waals surface area contributed by atoms with Crippen molar-refractivity contribution >= 4 is 10.1 Å². The maximum Gasteiger partial charge on any atom is 0.485 e. The van der Waals surface area contributed by atoms with Crippen molar-refractivity contribution < 1.29 is 49.8 Å². The number of ether oxygens (including phenoxy) is 5. The molecule has 250 valence electrons. The Bertz CT molecular complexity index is 1420. The Morgan fingerprint density at radius 3 is 1.67 bits per heavy atom. The third kappa shape index (κ3) is 11.1. The minimum absolute atomic E-state index is 0.287. The average molecular weight is 665 g/mol. The lowest BCUT2D eigenvalue weighted by Crippen LogP contribution is -2.39. The molecule has 0 unspecified atom stereocenters. The lowest BCUT2D eigenvalue weighted by molar-refractivity contribution is -0.0899. The first-order chi connectivity index (χ1) is 21.8. The van der Waals surface area contributed by atoms with E-state index in [1.54, 1.807) is 0 Å². The van der Waals surface area contributed by atoms with E-state index >= 15 is 0 Å². The summed E-state index contributed by atoms with van der Waals surface area (Å²) in [4.78, 5) is 0. The van der Waals surface area contributed by atoms with E-state index in [-0.39, 0.29) is 24.4 Å². The van der Waals surface area contributed by atoms with Gasteiger partial charge in [0.1, 0.15) is 18.8 Å². The number of halogens is 3. The number of benzene rings is 3. The van der Waals surface area contributed by atoms with Gasteiger partial charge in [-0.05, 0) is 34.4 Å². The van der Waals surface area contributed by atoms with Crippen LogP contribution in [0.1, 0.15) is 37.0 Å². The molecule has 1 aliphatic heterocycles. The Morgan fingerprint density at radius 2 is 1.24 bits per heavy atom. The molecule has 0 N–H and O–H groups in total. The molecule has 0 amide bonds. The minimum Gasteiger partial charge on any atom is -0.741 e. The van der Waals surface area contributed by atoms with Gasteiger partial charge in [-0.1, -0.05) is 105 Å². The van der Waals surface area contributed by atoms with Gasteiger partial charge in [0.25, 0.3) is 12.7 Å². The largest absolute Gasteiger partial charge is 0.741 e. The van der Waals surface area contributed by atoms with Crippen molar-refractivity contribution in [2.75, 3.05) is 13.2 Å². The topological polar surface area (TPSA) is 103 Å². The van der Waals surface area contributed by atoms with Crippen molar-refractivity contribution in [2.24, 2.45) is 11.3 Å². The van der Waals surface area contributed by atoms with E-state index in [0.29, 0.717) is 44.4 Å². The molecule has 0 aromatic heterocycles. The number of rotatable bonds is 14. The first kappa shape index (κ1) is 35.9. The van der Waals surface area contributed by atoms with E-state index in [1.165, 1.54) is 6.42 Å². The van der Waals surface area contributed by atoms with Gasteiger partial charge < -0.3 is 23.5 Å². The minimum atomic E-state index is -6.09. The Morgan fingerprint density at radius 1 is 0.804 bits per heavy atom. The van der Waals surface area contributed by atoms with Gasteiger partial charge in [-0.3, -0.25) is 0 Å². The molecule has 8 nitrogen and oxygen atoms in total. The van der Waals surface area contributed by atoms with Crippen LogP contribution >= 0.6 is 0 Å². The number of alkyl halides is 3. The van der Waals surface area contributed by atoms with E-state index < -0.39 is 15.6 Å². The zero-order valence-corrected chi connectivity index (χ0v) is 26.5. The van der Waals surface area contributed by atoms with Crippen molar-refractivity contribution in [1.29, 1.82) is 0 Å². The van der Waals surface area contributed by atoms with Gasteiger partial charge in [0.15, 0.2) is 16.2 Å². The Hall–Kier alpha value is -2.97. The summed E-state index contributed by atoms with van der Waals surface area (Å²) < 4.78 is 90.6. The summed E-state index contributed by atoms with van der Waals surface area (Å²) in [5.41, 5.74) is -1.94. The van der Waals surface area contributed by atoms with Crippen LogP contribution in [0.3, 0.4) is 0 Å². The smallest absolute Gasteiger partial charge is 0.485 e. The summed E-state index contributed by atoms with van der Waals surface area (Å²) in [6, 6.07) is 30.6. The third-order valence-electron chi connectivity index (χ3n) is 7.84. The van der Waals surface area contributed by atoms with Gasteiger partial charge in [-0.2, -0.15) is 17.9 Å². The highest BCUT2D eigenvalue weighted by Gasteiger charge is 2.52. The Balaban J connectivity index is 0.000000533. The van der Waals surface area contributed by atoms with Crippen LogP contribution in [0, 0.1) is 17.9 Å². The zero-order valence-electron chi connectivity index (χ0n) is 25.7. The first-order valence-electron chi connectivity index (χ1n) is 14.9. The molecule has 0 radical (unpaired) electrons. The fourth-order valence-corrected chi connectivity index (χ4v) is 4.92. The van der Waals surface area contributed by atoms with Crippen molar-refractivity contribution in [3.8, 4) is 0 Å². The van der Waals surface area contributed by atoms with Crippen LogP contribution in [0.4, 0.5) is 13.2 Å². The molecule has 0 bridgehead atoms. The van der Waals surface area contributed by atoms with Crippen molar-refractivity contribution in [2.45, 2.75) is 70.0 Å². The SMILES string of the molecule is CC1(C)C[C@@H]1CO[CH+][C@H]1O[C@H](COCc2ccccc2)[C@@H](OCc2ccccc2)[C@@H]1OCc1ccccc1.O=S(=O)([O-])C(F)(F)F. The monoisotopic (exact) mass is 664 g/mol. The molecular weight excluding hydrogens is 625 g/mol. The van der Waals surface area contributed by atoms with Crippen LogP contribution in [0.5, 0.6) is 0 Å². The Kier molecular flexibility index (Phi) is 12.7.